The Morgan fingerprint density at radius 3 is 3.06 bits per heavy atom. The summed E-state index contributed by atoms with van der Waals surface area (Å²) in [6, 6.07) is 0. The minimum Gasteiger partial charge on any atom is -0.459 e. The number of hydrogen-bond donors (Lipinski definition) is 0. The molecule has 0 aromatic carbocycles. The number of tetrazole rings is 1. The maximum Gasteiger partial charge on any atom is 0.321 e. The number of carbonyl (C=O) groups is 1. The average molecular weight is 261 g/mol. The minimum atomic E-state index is -0.426. The van der Waals surface area contributed by atoms with Gasteiger partial charge in [-0.2, -0.15) is 0 Å². The predicted octanol–water partition coefficient (Wildman–Crippen LogP) is 0.521. The quantitative estimate of drug-likeness (QED) is 0.582. The molecule has 94 valence electrons. The lowest BCUT2D eigenvalue weighted by atomic mass is 10.1. The normalized spacial score (nSPS) is 28.9. The van der Waals surface area contributed by atoms with Crippen LogP contribution in [0.15, 0.2) is 6.33 Å². The Morgan fingerprint density at radius 2 is 2.47 bits per heavy atom. The number of halogens is 1. The van der Waals surface area contributed by atoms with Crippen molar-refractivity contribution in [1.82, 2.24) is 20.2 Å². The van der Waals surface area contributed by atoms with Gasteiger partial charge in [0.25, 0.3) is 0 Å². The molecule has 1 aliphatic heterocycles. The van der Waals surface area contributed by atoms with Crippen molar-refractivity contribution in [1.29, 1.82) is 0 Å². The first-order valence-electron chi connectivity index (χ1n) is 5.34. The van der Waals surface area contributed by atoms with E-state index in [9.17, 15) is 4.79 Å². The monoisotopic (exact) mass is 260 g/mol. The molecule has 1 aromatic rings. The summed E-state index contributed by atoms with van der Waals surface area (Å²) >= 11 is 5.38. The van der Waals surface area contributed by atoms with E-state index >= 15 is 0 Å². The molecule has 2 rings (SSSR count). The zero-order chi connectivity index (χ0) is 12.3. The van der Waals surface area contributed by atoms with Crippen LogP contribution in [0.3, 0.4) is 0 Å². The molecule has 17 heavy (non-hydrogen) atoms. The topological polar surface area (TPSA) is 79.1 Å². The van der Waals surface area contributed by atoms with Crippen molar-refractivity contribution in [2.24, 2.45) is 0 Å². The van der Waals surface area contributed by atoms with Gasteiger partial charge in [-0.3, -0.25) is 4.79 Å². The summed E-state index contributed by atoms with van der Waals surface area (Å²) in [6.45, 7) is 1.84. The van der Waals surface area contributed by atoms with E-state index in [2.05, 4.69) is 15.4 Å². The van der Waals surface area contributed by atoms with E-state index in [1.54, 1.807) is 0 Å². The Balaban J connectivity index is 1.91. The lowest BCUT2D eigenvalue weighted by Gasteiger charge is -2.33. The summed E-state index contributed by atoms with van der Waals surface area (Å²) in [6.07, 6.45) is 1.98. The van der Waals surface area contributed by atoms with Gasteiger partial charge < -0.3 is 9.47 Å². The van der Waals surface area contributed by atoms with Crippen LogP contribution in [0.25, 0.3) is 0 Å². The Labute approximate surface area is 103 Å². The van der Waals surface area contributed by atoms with E-state index in [1.165, 1.54) is 11.1 Å². The van der Waals surface area contributed by atoms with E-state index in [-0.39, 0.29) is 24.3 Å². The van der Waals surface area contributed by atoms with Gasteiger partial charge in [-0.05, 0) is 25.0 Å². The molecule has 7 nitrogen and oxygen atoms in total. The summed E-state index contributed by atoms with van der Waals surface area (Å²) in [4.78, 5) is 12.5. The molecule has 0 bridgehead atoms. The molecule has 0 N–H and O–H groups in total. The molecule has 1 aliphatic rings. The lowest BCUT2D eigenvalue weighted by Crippen LogP contribution is -2.39. The summed E-state index contributed by atoms with van der Waals surface area (Å²) in [5, 5.41) is 11.3. The smallest absolute Gasteiger partial charge is 0.321 e. The molecule has 0 spiro atoms. The first-order chi connectivity index (χ1) is 8.20. The van der Waals surface area contributed by atoms with Crippen LogP contribution < -0.4 is 0 Å². The molecule has 1 aromatic heterocycles. The SMILES string of the molecule is C[C@@H]1O[C@H](n2ncnn2)CC[C@@H]1OC(=O)CCl. The third-order valence-electron chi connectivity index (χ3n) is 2.61. The van der Waals surface area contributed by atoms with Crippen molar-refractivity contribution >= 4 is 17.6 Å². The molecule has 1 fully saturated rings. The number of aromatic nitrogens is 4. The highest BCUT2D eigenvalue weighted by Crippen LogP contribution is 2.27. The van der Waals surface area contributed by atoms with Gasteiger partial charge in [-0.1, -0.05) is 0 Å². The Bertz CT molecular complexity index is 372. The largest absolute Gasteiger partial charge is 0.459 e. The summed E-state index contributed by atoms with van der Waals surface area (Å²) < 4.78 is 10.8. The highest BCUT2D eigenvalue weighted by molar-refractivity contribution is 6.26. The predicted molar refractivity (Wildman–Crippen MR) is 57.2 cm³/mol. The Morgan fingerprint density at radius 1 is 1.65 bits per heavy atom. The van der Waals surface area contributed by atoms with Crippen LogP contribution in [-0.4, -0.2) is 44.3 Å². The van der Waals surface area contributed by atoms with Gasteiger partial charge in [0.2, 0.25) is 0 Å². The number of hydrogen-bond acceptors (Lipinski definition) is 6. The maximum atomic E-state index is 11.1. The zero-order valence-corrected chi connectivity index (χ0v) is 10.1. The molecular formula is C9H13ClN4O3. The van der Waals surface area contributed by atoms with Crippen molar-refractivity contribution in [3.8, 4) is 0 Å². The fourth-order valence-electron chi connectivity index (χ4n) is 1.78. The fraction of sp³-hybridized carbons (Fsp3) is 0.778. The number of ether oxygens (including phenoxy) is 2. The summed E-state index contributed by atoms with van der Waals surface area (Å²) in [5.41, 5.74) is 0. The van der Waals surface area contributed by atoms with Gasteiger partial charge in [0, 0.05) is 0 Å². The molecule has 1 saturated heterocycles. The number of rotatable bonds is 3. The molecule has 0 radical (unpaired) electrons. The number of nitrogens with zero attached hydrogens (tertiary/aromatic N) is 4. The van der Waals surface area contributed by atoms with Gasteiger partial charge in [-0.25, -0.2) is 0 Å². The standard InChI is InChI=1S/C9H13ClN4O3/c1-6-7(17-9(15)4-10)2-3-8(16-6)14-12-5-11-13-14/h5-8H,2-4H2,1H3/t6-,7-,8-/m0/s1. The van der Waals surface area contributed by atoms with E-state index in [4.69, 9.17) is 21.1 Å². The second-order valence-electron chi connectivity index (χ2n) is 3.79. The van der Waals surface area contributed by atoms with Gasteiger partial charge in [0.05, 0.1) is 6.10 Å². The van der Waals surface area contributed by atoms with E-state index in [0.717, 1.165) is 0 Å². The highest BCUT2D eigenvalue weighted by Gasteiger charge is 2.32. The average Bonchev–Trinajstić information content (AvgIpc) is 2.85. The third kappa shape index (κ3) is 2.92. The molecule has 0 aliphatic carbocycles. The Kier molecular flexibility index (Phi) is 3.90. The van der Waals surface area contributed by atoms with Gasteiger partial charge in [0.1, 0.15) is 12.0 Å². The van der Waals surface area contributed by atoms with Crippen LogP contribution in [0.1, 0.15) is 26.0 Å². The van der Waals surface area contributed by atoms with Crippen LogP contribution in [0.2, 0.25) is 0 Å². The summed E-state index contributed by atoms with van der Waals surface area (Å²) in [7, 11) is 0. The molecule has 0 unspecified atom stereocenters. The van der Waals surface area contributed by atoms with E-state index in [1.807, 2.05) is 6.92 Å². The second-order valence-corrected chi connectivity index (χ2v) is 4.06. The number of carbonyl (C=O) groups excluding carboxylic acids is 1. The van der Waals surface area contributed by atoms with Crippen molar-refractivity contribution in [2.75, 3.05) is 5.88 Å². The Hall–Kier alpha value is -1.21. The van der Waals surface area contributed by atoms with Crippen LogP contribution in [0, 0.1) is 0 Å². The first kappa shape index (κ1) is 12.3. The molecule has 2 heterocycles. The first-order valence-corrected chi connectivity index (χ1v) is 5.87. The summed E-state index contributed by atoms with van der Waals surface area (Å²) in [5.74, 6) is -0.568. The van der Waals surface area contributed by atoms with Gasteiger partial charge in [-0.15, -0.1) is 26.6 Å². The van der Waals surface area contributed by atoms with Crippen LogP contribution in [-0.2, 0) is 14.3 Å². The molecular weight excluding hydrogens is 248 g/mol. The third-order valence-corrected chi connectivity index (χ3v) is 2.83. The number of esters is 1. The van der Waals surface area contributed by atoms with Gasteiger partial charge >= 0.3 is 5.97 Å². The van der Waals surface area contributed by atoms with E-state index in [0.29, 0.717) is 12.8 Å². The van der Waals surface area contributed by atoms with Crippen LogP contribution in [0.5, 0.6) is 0 Å². The van der Waals surface area contributed by atoms with Crippen molar-refractivity contribution < 1.29 is 14.3 Å². The highest BCUT2D eigenvalue weighted by atomic mass is 35.5. The zero-order valence-electron chi connectivity index (χ0n) is 9.32. The molecule has 0 amide bonds. The maximum absolute atomic E-state index is 11.1. The van der Waals surface area contributed by atoms with Crippen LogP contribution in [0.4, 0.5) is 0 Å². The molecule has 0 saturated carbocycles. The number of alkyl halides is 1. The fourth-order valence-corrected chi connectivity index (χ4v) is 1.84. The molecule has 8 heteroatoms. The van der Waals surface area contributed by atoms with Gasteiger partial charge in [0.15, 0.2) is 12.6 Å². The molecule has 3 atom stereocenters. The van der Waals surface area contributed by atoms with Crippen molar-refractivity contribution in [3.63, 3.8) is 0 Å². The second kappa shape index (κ2) is 5.42. The van der Waals surface area contributed by atoms with Crippen molar-refractivity contribution in [2.45, 2.75) is 38.2 Å². The minimum absolute atomic E-state index is 0.142. The van der Waals surface area contributed by atoms with Crippen LogP contribution >= 0.6 is 11.6 Å². The van der Waals surface area contributed by atoms with Crippen molar-refractivity contribution in [3.05, 3.63) is 6.33 Å². The lowest BCUT2D eigenvalue weighted by molar-refractivity contribution is -0.179. The van der Waals surface area contributed by atoms with E-state index < -0.39 is 5.97 Å².